The van der Waals surface area contributed by atoms with Crippen LogP contribution in [-0.4, -0.2) is 25.8 Å². The van der Waals surface area contributed by atoms with E-state index < -0.39 is 10.9 Å². The standard InChI is InChI=1S/C11H9N3O4/c15-11(16)7-8-5-6-12-13(8)9-3-1-2-4-10(9)14(17)18/h1-6H,7H2,(H,15,16). The number of aromatic nitrogens is 2. The molecule has 0 atom stereocenters. The van der Waals surface area contributed by atoms with Gasteiger partial charge >= 0.3 is 5.97 Å². The highest BCUT2D eigenvalue weighted by Gasteiger charge is 2.17. The predicted molar refractivity (Wildman–Crippen MR) is 61.6 cm³/mol. The Morgan fingerprint density at radius 2 is 2.11 bits per heavy atom. The van der Waals surface area contributed by atoms with Crippen LogP contribution in [-0.2, 0) is 11.2 Å². The third-order valence-electron chi connectivity index (χ3n) is 2.36. The molecule has 0 radical (unpaired) electrons. The summed E-state index contributed by atoms with van der Waals surface area (Å²) in [6, 6.07) is 7.57. The van der Waals surface area contributed by atoms with Crippen LogP contribution in [0.25, 0.3) is 5.69 Å². The number of carboxylic acid groups (broad SMARTS) is 1. The molecule has 1 heterocycles. The SMILES string of the molecule is O=C(O)Cc1ccnn1-c1ccccc1[N+](=O)[O-]. The molecule has 0 aliphatic carbocycles. The number of rotatable bonds is 4. The third-order valence-corrected chi connectivity index (χ3v) is 2.36. The summed E-state index contributed by atoms with van der Waals surface area (Å²) in [7, 11) is 0. The fourth-order valence-corrected chi connectivity index (χ4v) is 1.63. The van der Waals surface area contributed by atoms with Crippen molar-refractivity contribution in [1.82, 2.24) is 9.78 Å². The molecule has 0 bridgehead atoms. The largest absolute Gasteiger partial charge is 0.481 e. The van der Waals surface area contributed by atoms with Crippen LogP contribution < -0.4 is 0 Å². The topological polar surface area (TPSA) is 98.3 Å². The van der Waals surface area contributed by atoms with Crippen molar-refractivity contribution >= 4 is 11.7 Å². The summed E-state index contributed by atoms with van der Waals surface area (Å²) in [5.74, 6) is -1.02. The number of benzene rings is 1. The zero-order chi connectivity index (χ0) is 13.1. The van der Waals surface area contributed by atoms with E-state index >= 15 is 0 Å². The molecule has 0 saturated carbocycles. The number of nitrogens with zero attached hydrogens (tertiary/aromatic N) is 3. The molecule has 92 valence electrons. The lowest BCUT2D eigenvalue weighted by Crippen LogP contribution is -2.09. The van der Waals surface area contributed by atoms with Gasteiger partial charge in [0.05, 0.1) is 17.0 Å². The maximum Gasteiger partial charge on any atom is 0.309 e. The number of nitro benzene ring substituents is 1. The Kier molecular flexibility index (Phi) is 3.05. The minimum Gasteiger partial charge on any atom is -0.481 e. The molecular weight excluding hydrogens is 238 g/mol. The molecule has 0 unspecified atom stereocenters. The van der Waals surface area contributed by atoms with Gasteiger partial charge in [-0.2, -0.15) is 5.10 Å². The van der Waals surface area contributed by atoms with E-state index in [0.29, 0.717) is 5.69 Å². The van der Waals surface area contributed by atoms with Gasteiger partial charge in [-0.1, -0.05) is 12.1 Å². The van der Waals surface area contributed by atoms with Gasteiger partial charge in [0.2, 0.25) is 0 Å². The van der Waals surface area contributed by atoms with Gasteiger partial charge in [-0.05, 0) is 12.1 Å². The van der Waals surface area contributed by atoms with Gasteiger partial charge in [0.1, 0.15) is 5.69 Å². The van der Waals surface area contributed by atoms with E-state index in [2.05, 4.69) is 5.10 Å². The molecular formula is C11H9N3O4. The Bertz CT molecular complexity index is 606. The van der Waals surface area contributed by atoms with Crippen LogP contribution in [0, 0.1) is 10.1 Å². The fraction of sp³-hybridized carbons (Fsp3) is 0.0909. The van der Waals surface area contributed by atoms with Gasteiger partial charge in [0, 0.05) is 12.3 Å². The van der Waals surface area contributed by atoms with Gasteiger partial charge in [-0.15, -0.1) is 0 Å². The molecule has 1 aromatic heterocycles. The van der Waals surface area contributed by atoms with Crippen molar-refractivity contribution < 1.29 is 14.8 Å². The summed E-state index contributed by atoms with van der Waals surface area (Å²) >= 11 is 0. The summed E-state index contributed by atoms with van der Waals surface area (Å²) in [5.41, 5.74) is 0.522. The molecule has 0 amide bonds. The minimum absolute atomic E-state index is 0.118. The van der Waals surface area contributed by atoms with Crippen LogP contribution in [0.4, 0.5) is 5.69 Å². The Morgan fingerprint density at radius 3 is 2.78 bits per heavy atom. The van der Waals surface area contributed by atoms with Gasteiger partial charge in [-0.25, -0.2) is 4.68 Å². The van der Waals surface area contributed by atoms with Crippen molar-refractivity contribution in [2.75, 3.05) is 0 Å². The van der Waals surface area contributed by atoms with Crippen molar-refractivity contribution in [1.29, 1.82) is 0 Å². The molecule has 7 nitrogen and oxygen atoms in total. The van der Waals surface area contributed by atoms with E-state index in [1.54, 1.807) is 12.1 Å². The Balaban J connectivity index is 2.52. The van der Waals surface area contributed by atoms with Gasteiger partial charge in [0.25, 0.3) is 5.69 Å². The number of aliphatic carboxylic acids is 1. The van der Waals surface area contributed by atoms with Crippen molar-refractivity contribution in [3.63, 3.8) is 0 Å². The number of hydrogen-bond donors (Lipinski definition) is 1. The molecule has 7 heteroatoms. The third kappa shape index (κ3) is 2.19. The van der Waals surface area contributed by atoms with E-state index in [-0.39, 0.29) is 17.8 Å². The van der Waals surface area contributed by atoms with Gasteiger partial charge < -0.3 is 5.11 Å². The molecule has 2 rings (SSSR count). The molecule has 18 heavy (non-hydrogen) atoms. The molecule has 0 aliphatic rings. The summed E-state index contributed by atoms with van der Waals surface area (Å²) in [4.78, 5) is 21.1. The second-order valence-electron chi connectivity index (χ2n) is 3.55. The van der Waals surface area contributed by atoms with E-state index in [1.807, 2.05) is 0 Å². The summed E-state index contributed by atoms with van der Waals surface area (Å²) < 4.78 is 1.27. The van der Waals surface area contributed by atoms with E-state index in [9.17, 15) is 14.9 Å². The van der Waals surface area contributed by atoms with Gasteiger partial charge in [0.15, 0.2) is 0 Å². The summed E-state index contributed by atoms with van der Waals surface area (Å²) in [6.07, 6.45) is 1.17. The van der Waals surface area contributed by atoms with Gasteiger partial charge in [-0.3, -0.25) is 14.9 Å². The summed E-state index contributed by atoms with van der Waals surface area (Å²) in [5, 5.41) is 23.6. The first-order valence-electron chi connectivity index (χ1n) is 5.08. The maximum atomic E-state index is 10.9. The lowest BCUT2D eigenvalue weighted by molar-refractivity contribution is -0.384. The van der Waals surface area contributed by atoms with E-state index in [4.69, 9.17) is 5.11 Å². The Labute approximate surface area is 101 Å². The quantitative estimate of drug-likeness (QED) is 0.650. The Morgan fingerprint density at radius 1 is 1.39 bits per heavy atom. The molecule has 1 aromatic carbocycles. The lowest BCUT2D eigenvalue weighted by Gasteiger charge is -2.06. The van der Waals surface area contributed by atoms with E-state index in [1.165, 1.54) is 29.1 Å². The second-order valence-corrected chi connectivity index (χ2v) is 3.55. The highest BCUT2D eigenvalue weighted by atomic mass is 16.6. The van der Waals surface area contributed by atoms with Crippen molar-refractivity contribution in [3.8, 4) is 5.69 Å². The van der Waals surface area contributed by atoms with Crippen LogP contribution in [0.2, 0.25) is 0 Å². The van der Waals surface area contributed by atoms with Crippen molar-refractivity contribution in [3.05, 3.63) is 52.3 Å². The van der Waals surface area contributed by atoms with Crippen LogP contribution in [0.15, 0.2) is 36.5 Å². The highest BCUT2D eigenvalue weighted by Crippen LogP contribution is 2.22. The lowest BCUT2D eigenvalue weighted by atomic mass is 10.2. The number of carboxylic acids is 1. The molecule has 0 spiro atoms. The number of hydrogen-bond acceptors (Lipinski definition) is 4. The zero-order valence-electron chi connectivity index (χ0n) is 9.18. The Hall–Kier alpha value is -2.70. The van der Waals surface area contributed by atoms with E-state index in [0.717, 1.165) is 0 Å². The number of carbonyl (C=O) groups is 1. The average Bonchev–Trinajstić information content (AvgIpc) is 2.76. The fourth-order valence-electron chi connectivity index (χ4n) is 1.63. The molecule has 0 aliphatic heterocycles. The monoisotopic (exact) mass is 247 g/mol. The molecule has 0 saturated heterocycles. The molecule has 1 N–H and O–H groups in total. The van der Waals surface area contributed by atoms with Crippen LogP contribution in [0.3, 0.4) is 0 Å². The summed E-state index contributed by atoms with van der Waals surface area (Å²) in [6.45, 7) is 0. The average molecular weight is 247 g/mol. The zero-order valence-corrected chi connectivity index (χ0v) is 9.18. The predicted octanol–water partition coefficient (Wildman–Crippen LogP) is 1.41. The molecule has 0 fully saturated rings. The normalized spacial score (nSPS) is 10.2. The minimum atomic E-state index is -1.02. The van der Waals surface area contributed by atoms with Crippen LogP contribution >= 0.6 is 0 Å². The van der Waals surface area contributed by atoms with Crippen LogP contribution in [0.1, 0.15) is 5.69 Å². The number of nitro groups is 1. The molecule has 2 aromatic rings. The first kappa shape index (κ1) is 11.8. The first-order chi connectivity index (χ1) is 8.59. The smallest absolute Gasteiger partial charge is 0.309 e. The van der Waals surface area contributed by atoms with Crippen molar-refractivity contribution in [2.24, 2.45) is 0 Å². The number of para-hydroxylation sites is 2. The first-order valence-corrected chi connectivity index (χ1v) is 5.08. The van der Waals surface area contributed by atoms with Crippen molar-refractivity contribution in [2.45, 2.75) is 6.42 Å². The highest BCUT2D eigenvalue weighted by molar-refractivity contribution is 5.70. The second kappa shape index (κ2) is 4.66. The van der Waals surface area contributed by atoms with Crippen LogP contribution in [0.5, 0.6) is 0 Å². The maximum absolute atomic E-state index is 10.9.